The Kier molecular flexibility index (Phi) is 26.2. The maximum absolute atomic E-state index is 8.11. The smallest absolute Gasteiger partial charge is 0.151 e. The number of ether oxygens (including phenoxy) is 1. The van der Waals surface area contributed by atoms with Crippen LogP contribution in [0.2, 0.25) is 0 Å². The van der Waals surface area contributed by atoms with Gasteiger partial charge in [-0.1, -0.05) is 26.7 Å². The molecule has 0 aromatic rings. The lowest BCUT2D eigenvalue weighted by molar-refractivity contribution is -0.0460. The molecular weight excluding hydrogens is 200 g/mol. The zero-order chi connectivity index (χ0) is 12.7. The van der Waals surface area contributed by atoms with Gasteiger partial charge >= 0.3 is 0 Å². The summed E-state index contributed by atoms with van der Waals surface area (Å²) in [6, 6.07) is 0. The Morgan fingerprint density at radius 2 is 1.00 bits per heavy atom. The van der Waals surface area contributed by atoms with E-state index in [-0.39, 0.29) is 0 Å². The van der Waals surface area contributed by atoms with Gasteiger partial charge in [0.15, 0.2) is 12.6 Å². The van der Waals surface area contributed by atoms with Gasteiger partial charge in [-0.2, -0.15) is 0 Å². The normalized spacial score (nSPS) is 9.20. The quantitative estimate of drug-likeness (QED) is 0.523. The molecule has 0 radical (unpaired) electrons. The summed E-state index contributed by atoms with van der Waals surface area (Å²) in [6.45, 7) is 3.80. The maximum Gasteiger partial charge on any atom is 0.151 e. The summed E-state index contributed by atoms with van der Waals surface area (Å²) in [5, 5.41) is 32.4. The van der Waals surface area contributed by atoms with Gasteiger partial charge in [0, 0.05) is 14.2 Å². The van der Waals surface area contributed by atoms with Crippen LogP contribution in [0.15, 0.2) is 0 Å². The van der Waals surface area contributed by atoms with Gasteiger partial charge in [0.2, 0.25) is 0 Å². The molecule has 0 rings (SSSR count). The first-order chi connectivity index (χ1) is 6.95. The van der Waals surface area contributed by atoms with Crippen molar-refractivity contribution in [1.29, 1.82) is 0 Å². The third kappa shape index (κ3) is 57.1. The first kappa shape index (κ1) is 20.2. The van der Waals surface area contributed by atoms with E-state index in [9.17, 15) is 0 Å². The van der Waals surface area contributed by atoms with E-state index in [0.717, 1.165) is 12.8 Å². The Hall–Kier alpha value is -0.200. The second-order valence-corrected chi connectivity index (χ2v) is 2.95. The number of aliphatic hydroxyl groups excluding tert-OH is 2. The molecule has 0 aliphatic carbocycles. The van der Waals surface area contributed by atoms with E-state index in [1.807, 2.05) is 13.8 Å². The van der Waals surface area contributed by atoms with Crippen molar-refractivity contribution >= 4 is 0 Å². The Morgan fingerprint density at radius 3 is 1.00 bits per heavy atom. The number of hydrogen-bond acceptors (Lipinski definition) is 5. The molecule has 4 N–H and O–H groups in total. The fourth-order valence-corrected chi connectivity index (χ4v) is 0.516. The van der Waals surface area contributed by atoms with Gasteiger partial charge < -0.3 is 25.2 Å². The van der Waals surface area contributed by atoms with E-state index >= 15 is 0 Å². The summed E-state index contributed by atoms with van der Waals surface area (Å²) in [6.07, 6.45) is 0.431. The van der Waals surface area contributed by atoms with E-state index in [4.69, 9.17) is 20.4 Å². The number of methoxy groups -OCH3 is 1. The van der Waals surface area contributed by atoms with Crippen LogP contribution in [0.1, 0.15) is 39.5 Å². The molecule has 0 aliphatic rings. The van der Waals surface area contributed by atoms with Crippen molar-refractivity contribution in [3.8, 4) is 0 Å². The lowest BCUT2D eigenvalue weighted by Crippen LogP contribution is -2.01. The lowest BCUT2D eigenvalue weighted by Gasteiger charge is -1.94. The first-order valence-electron chi connectivity index (χ1n) is 5.08. The molecule has 0 aromatic heterocycles. The molecule has 5 heteroatoms. The van der Waals surface area contributed by atoms with Crippen LogP contribution in [0.3, 0.4) is 0 Å². The minimum absolute atomic E-state index is 0.486. The van der Waals surface area contributed by atoms with Gasteiger partial charge in [-0.25, -0.2) is 0 Å². The summed E-state index contributed by atoms with van der Waals surface area (Å²) in [4.78, 5) is 0. The molecule has 0 saturated carbocycles. The van der Waals surface area contributed by atoms with Crippen LogP contribution in [0.5, 0.6) is 0 Å². The van der Waals surface area contributed by atoms with E-state index in [0.29, 0.717) is 12.8 Å². The molecule has 0 spiro atoms. The van der Waals surface area contributed by atoms with Gasteiger partial charge in [-0.05, 0) is 12.8 Å². The van der Waals surface area contributed by atoms with Gasteiger partial charge in [-0.15, -0.1) is 0 Å². The van der Waals surface area contributed by atoms with Crippen molar-refractivity contribution in [3.63, 3.8) is 0 Å². The van der Waals surface area contributed by atoms with E-state index in [2.05, 4.69) is 4.74 Å². The second kappa shape index (κ2) is 19.4. The molecule has 0 unspecified atom stereocenters. The highest BCUT2D eigenvalue weighted by molar-refractivity contribution is 4.31. The minimum Gasteiger partial charge on any atom is -0.388 e. The van der Waals surface area contributed by atoms with E-state index in [1.165, 1.54) is 0 Å². The molecule has 0 fully saturated rings. The number of rotatable bonds is 4. The third-order valence-electron chi connectivity index (χ3n) is 1.09. The highest BCUT2D eigenvalue weighted by Gasteiger charge is 1.89. The van der Waals surface area contributed by atoms with Crippen molar-refractivity contribution in [2.45, 2.75) is 52.1 Å². The van der Waals surface area contributed by atoms with E-state index < -0.39 is 12.6 Å². The van der Waals surface area contributed by atoms with Crippen molar-refractivity contribution < 1.29 is 25.2 Å². The molecule has 5 nitrogen and oxygen atoms in total. The first-order valence-corrected chi connectivity index (χ1v) is 5.08. The molecule has 0 atom stereocenters. The summed E-state index contributed by atoms with van der Waals surface area (Å²) < 4.78 is 4.25. The summed E-state index contributed by atoms with van der Waals surface area (Å²) >= 11 is 0. The van der Waals surface area contributed by atoms with Crippen LogP contribution in [-0.4, -0.2) is 47.2 Å². The minimum atomic E-state index is -1.10. The zero-order valence-corrected chi connectivity index (χ0v) is 10.2. The van der Waals surface area contributed by atoms with Gasteiger partial charge in [0.25, 0.3) is 0 Å². The van der Waals surface area contributed by atoms with Crippen LogP contribution < -0.4 is 0 Å². The predicted octanol–water partition coefficient (Wildman–Crippen LogP) is 0.457. The van der Waals surface area contributed by atoms with Crippen molar-refractivity contribution in [2.24, 2.45) is 0 Å². The fourth-order valence-electron chi connectivity index (χ4n) is 0.516. The maximum atomic E-state index is 8.11. The monoisotopic (exact) mass is 226 g/mol. The average Bonchev–Trinajstić information content (AvgIpc) is 2.05. The van der Waals surface area contributed by atoms with Crippen molar-refractivity contribution in [3.05, 3.63) is 0 Å². The van der Waals surface area contributed by atoms with Crippen LogP contribution >= 0.6 is 0 Å². The third-order valence-corrected chi connectivity index (χ3v) is 1.09. The predicted molar refractivity (Wildman–Crippen MR) is 59.2 cm³/mol. The standard InChI is InChI=1S/2C4H10O2.C2H6O/c2*1-2-3-4(5)6;1-3-2/h2*4-6H,2-3H2,1H3;1-2H3. The van der Waals surface area contributed by atoms with Crippen LogP contribution in [0, 0.1) is 0 Å². The van der Waals surface area contributed by atoms with Crippen LogP contribution in [-0.2, 0) is 4.74 Å². The fraction of sp³-hybridized carbons (Fsp3) is 1.00. The number of aliphatic hydroxyl groups is 4. The molecule has 0 amide bonds. The SMILES string of the molecule is CCCC(O)O.CCCC(O)O.COC. The van der Waals surface area contributed by atoms with Gasteiger partial charge in [0.05, 0.1) is 0 Å². The van der Waals surface area contributed by atoms with Gasteiger partial charge in [-0.3, -0.25) is 0 Å². The molecule has 0 saturated heterocycles. The molecular formula is C10H26O5. The van der Waals surface area contributed by atoms with Crippen LogP contribution in [0.4, 0.5) is 0 Å². The molecule has 96 valence electrons. The highest BCUT2D eigenvalue weighted by Crippen LogP contribution is 1.88. The molecule has 0 heterocycles. The molecule has 0 aliphatic heterocycles. The topological polar surface area (TPSA) is 90.2 Å². The Labute approximate surface area is 92.3 Å². The summed E-state index contributed by atoms with van der Waals surface area (Å²) in [5.41, 5.74) is 0. The second-order valence-electron chi connectivity index (χ2n) is 2.95. The number of hydrogen-bond donors (Lipinski definition) is 4. The average molecular weight is 226 g/mol. The summed E-state index contributed by atoms with van der Waals surface area (Å²) in [5.74, 6) is 0. The Bertz CT molecular complexity index is 75.9. The van der Waals surface area contributed by atoms with Crippen molar-refractivity contribution in [2.75, 3.05) is 14.2 Å². The lowest BCUT2D eigenvalue weighted by atomic mass is 10.3. The van der Waals surface area contributed by atoms with E-state index in [1.54, 1.807) is 14.2 Å². The summed E-state index contributed by atoms with van der Waals surface area (Å²) in [7, 11) is 3.25. The molecule has 0 aromatic carbocycles. The molecule has 0 bridgehead atoms. The van der Waals surface area contributed by atoms with Crippen molar-refractivity contribution in [1.82, 2.24) is 0 Å². The zero-order valence-electron chi connectivity index (χ0n) is 10.2. The largest absolute Gasteiger partial charge is 0.388 e. The highest BCUT2D eigenvalue weighted by atomic mass is 16.5. The Balaban J connectivity index is -0.000000153. The van der Waals surface area contributed by atoms with Crippen LogP contribution in [0.25, 0.3) is 0 Å². The van der Waals surface area contributed by atoms with Gasteiger partial charge in [0.1, 0.15) is 0 Å². The molecule has 15 heavy (non-hydrogen) atoms. The Morgan fingerprint density at radius 1 is 0.800 bits per heavy atom.